The summed E-state index contributed by atoms with van der Waals surface area (Å²) < 4.78 is 2.25. The Morgan fingerprint density at radius 2 is 1.95 bits per heavy atom. The molecule has 116 valence electrons. The van der Waals surface area contributed by atoms with E-state index >= 15 is 0 Å². The van der Waals surface area contributed by atoms with Crippen LogP contribution in [0.1, 0.15) is 36.7 Å². The second-order valence-corrected chi connectivity index (χ2v) is 6.72. The molecule has 1 heterocycles. The number of hydrogen-bond donors (Lipinski definition) is 0. The van der Waals surface area contributed by atoms with Gasteiger partial charge in [0, 0.05) is 6.54 Å². The number of fused-ring (bicyclic) bond motifs is 2. The van der Waals surface area contributed by atoms with Gasteiger partial charge in [-0.3, -0.25) is 0 Å². The van der Waals surface area contributed by atoms with E-state index in [1.165, 1.54) is 42.3 Å². The summed E-state index contributed by atoms with van der Waals surface area (Å²) in [5, 5.41) is 9.18. The minimum atomic E-state index is -0.00524. The van der Waals surface area contributed by atoms with Crippen LogP contribution >= 0.6 is 0 Å². The number of aromatic nitrogens is 2. The molecule has 22 heavy (non-hydrogen) atoms. The van der Waals surface area contributed by atoms with Crippen LogP contribution in [0.5, 0.6) is 0 Å². The quantitative estimate of drug-likeness (QED) is 0.870. The first kappa shape index (κ1) is 15.1. The largest absolute Gasteiger partial charge is 0.326 e. The van der Waals surface area contributed by atoms with Gasteiger partial charge < -0.3 is 9.47 Å². The van der Waals surface area contributed by atoms with Gasteiger partial charge in [-0.1, -0.05) is 0 Å². The molecule has 0 N–H and O–H groups in total. The van der Waals surface area contributed by atoms with Gasteiger partial charge in [0.1, 0.15) is 5.82 Å². The van der Waals surface area contributed by atoms with Crippen LogP contribution in [0.15, 0.2) is 12.1 Å². The first-order valence-electron chi connectivity index (χ1n) is 8.13. The summed E-state index contributed by atoms with van der Waals surface area (Å²) >= 11 is 0. The molecule has 0 amide bonds. The molecule has 1 aliphatic rings. The van der Waals surface area contributed by atoms with Crippen LogP contribution < -0.4 is 0 Å². The van der Waals surface area contributed by atoms with E-state index in [1.807, 2.05) is 6.92 Å². The predicted molar refractivity (Wildman–Crippen MR) is 88.5 cm³/mol. The lowest BCUT2D eigenvalue weighted by Gasteiger charge is -2.17. The van der Waals surface area contributed by atoms with Gasteiger partial charge in [-0.2, -0.15) is 5.26 Å². The third-order valence-electron chi connectivity index (χ3n) is 4.43. The van der Waals surface area contributed by atoms with Gasteiger partial charge in [-0.05, 0) is 70.0 Å². The molecule has 0 saturated carbocycles. The maximum atomic E-state index is 9.18. The van der Waals surface area contributed by atoms with Gasteiger partial charge in [0.25, 0.3) is 0 Å². The minimum absolute atomic E-state index is 0.00524. The van der Waals surface area contributed by atoms with Crippen molar-refractivity contribution in [3.8, 4) is 6.07 Å². The van der Waals surface area contributed by atoms with E-state index in [2.05, 4.69) is 41.8 Å². The van der Waals surface area contributed by atoms with Crippen molar-refractivity contribution >= 4 is 11.0 Å². The van der Waals surface area contributed by atoms with Gasteiger partial charge in [0.15, 0.2) is 0 Å². The molecule has 1 aromatic carbocycles. The van der Waals surface area contributed by atoms with Crippen molar-refractivity contribution in [3.05, 3.63) is 29.1 Å². The lowest BCUT2D eigenvalue weighted by molar-refractivity contribution is 0.378. The van der Waals surface area contributed by atoms with Crippen LogP contribution in [0.2, 0.25) is 0 Å². The van der Waals surface area contributed by atoms with Crippen LogP contribution in [-0.2, 0) is 25.9 Å². The molecule has 1 aliphatic carbocycles. The molecule has 1 atom stereocenters. The summed E-state index contributed by atoms with van der Waals surface area (Å²) in [6.07, 6.45) is 4.92. The second kappa shape index (κ2) is 6.10. The maximum Gasteiger partial charge on any atom is 0.124 e. The topological polar surface area (TPSA) is 44.9 Å². The van der Waals surface area contributed by atoms with Crippen LogP contribution in [0.3, 0.4) is 0 Å². The molecule has 1 aromatic heterocycles. The first-order valence-corrected chi connectivity index (χ1v) is 8.13. The molecule has 3 rings (SSSR count). The molecule has 0 spiro atoms. The van der Waals surface area contributed by atoms with E-state index in [4.69, 9.17) is 4.98 Å². The molecular weight excluding hydrogens is 272 g/mol. The summed E-state index contributed by atoms with van der Waals surface area (Å²) in [5.74, 6) is 1.05. The van der Waals surface area contributed by atoms with Gasteiger partial charge in [-0.15, -0.1) is 0 Å². The summed E-state index contributed by atoms with van der Waals surface area (Å²) in [5.41, 5.74) is 5.22. The lowest BCUT2D eigenvalue weighted by atomic mass is 9.91. The number of aryl methyl sites for hydroxylation is 2. The molecule has 0 bridgehead atoms. The second-order valence-electron chi connectivity index (χ2n) is 6.72. The van der Waals surface area contributed by atoms with Crippen molar-refractivity contribution in [2.24, 2.45) is 5.92 Å². The minimum Gasteiger partial charge on any atom is -0.326 e. The number of imidazole rings is 1. The third-order valence-corrected chi connectivity index (χ3v) is 4.43. The zero-order chi connectivity index (χ0) is 15.7. The summed E-state index contributed by atoms with van der Waals surface area (Å²) in [7, 11) is 4.12. The van der Waals surface area contributed by atoms with Gasteiger partial charge in [0.05, 0.1) is 29.6 Å². The fourth-order valence-electron chi connectivity index (χ4n) is 3.33. The van der Waals surface area contributed by atoms with Gasteiger partial charge >= 0.3 is 0 Å². The Morgan fingerprint density at radius 1 is 1.27 bits per heavy atom. The number of benzene rings is 1. The van der Waals surface area contributed by atoms with E-state index in [0.29, 0.717) is 0 Å². The Morgan fingerprint density at radius 3 is 2.59 bits per heavy atom. The molecule has 0 saturated heterocycles. The maximum absolute atomic E-state index is 9.18. The highest BCUT2D eigenvalue weighted by Gasteiger charge is 2.17. The highest BCUT2D eigenvalue weighted by molar-refractivity contribution is 5.78. The molecular formula is C18H24N4. The fraction of sp³-hybridized carbons (Fsp3) is 0.556. The van der Waals surface area contributed by atoms with Gasteiger partial charge in [0.2, 0.25) is 0 Å². The standard InChI is InChI=1S/C18H24N4/c1-13(10-19)11-22-17-9-15-7-5-4-6-14(15)8-16(17)20-18(22)12-21(2)3/h8-9,13H,4-7,11-12H2,1-3H3. The van der Waals surface area contributed by atoms with Crippen molar-refractivity contribution in [1.29, 1.82) is 5.26 Å². The average Bonchev–Trinajstić information content (AvgIpc) is 2.81. The normalized spacial score (nSPS) is 15.8. The summed E-state index contributed by atoms with van der Waals surface area (Å²) in [6.45, 7) is 3.50. The molecule has 1 unspecified atom stereocenters. The molecule has 4 nitrogen and oxygen atoms in total. The average molecular weight is 296 g/mol. The Labute approximate surface area is 132 Å². The fourth-order valence-corrected chi connectivity index (χ4v) is 3.33. The number of rotatable bonds is 4. The number of hydrogen-bond acceptors (Lipinski definition) is 3. The number of nitrogens with zero attached hydrogens (tertiary/aromatic N) is 4. The van der Waals surface area contributed by atoms with Crippen molar-refractivity contribution < 1.29 is 0 Å². The molecule has 2 aromatic rings. The van der Waals surface area contributed by atoms with E-state index in [-0.39, 0.29) is 5.92 Å². The van der Waals surface area contributed by atoms with Crippen LogP contribution in [0.4, 0.5) is 0 Å². The summed E-state index contributed by atoms with van der Waals surface area (Å²) in [6, 6.07) is 6.94. The van der Waals surface area contributed by atoms with Crippen molar-refractivity contribution in [1.82, 2.24) is 14.5 Å². The van der Waals surface area contributed by atoms with E-state index in [0.717, 1.165) is 24.4 Å². The zero-order valence-corrected chi connectivity index (χ0v) is 13.8. The van der Waals surface area contributed by atoms with E-state index in [9.17, 15) is 5.26 Å². The Hall–Kier alpha value is -1.86. The SMILES string of the molecule is CC(C#N)Cn1c(CN(C)C)nc2cc3c(cc21)CCCC3. The highest BCUT2D eigenvalue weighted by atomic mass is 15.2. The van der Waals surface area contributed by atoms with Crippen LogP contribution in [0.25, 0.3) is 11.0 Å². The smallest absolute Gasteiger partial charge is 0.124 e. The molecule has 4 heteroatoms. The molecule has 0 radical (unpaired) electrons. The monoisotopic (exact) mass is 296 g/mol. The molecule has 0 fully saturated rings. The van der Waals surface area contributed by atoms with Crippen molar-refractivity contribution in [2.45, 2.75) is 45.7 Å². The number of nitriles is 1. The lowest BCUT2D eigenvalue weighted by Crippen LogP contribution is -2.17. The Balaban J connectivity index is 2.11. The Bertz CT molecular complexity index is 721. The zero-order valence-electron chi connectivity index (χ0n) is 13.8. The van der Waals surface area contributed by atoms with Gasteiger partial charge in [-0.25, -0.2) is 4.98 Å². The van der Waals surface area contributed by atoms with Crippen molar-refractivity contribution in [2.75, 3.05) is 14.1 Å². The van der Waals surface area contributed by atoms with Crippen molar-refractivity contribution in [3.63, 3.8) is 0 Å². The van der Waals surface area contributed by atoms with Crippen LogP contribution in [-0.4, -0.2) is 28.5 Å². The first-order chi connectivity index (χ1) is 10.6. The summed E-state index contributed by atoms with van der Waals surface area (Å²) in [4.78, 5) is 6.99. The highest BCUT2D eigenvalue weighted by Crippen LogP contribution is 2.28. The third kappa shape index (κ3) is 2.86. The molecule has 0 aliphatic heterocycles. The predicted octanol–water partition coefficient (Wildman–Crippen LogP) is 3.14. The van der Waals surface area contributed by atoms with E-state index in [1.54, 1.807) is 0 Å². The van der Waals surface area contributed by atoms with Crippen LogP contribution in [0, 0.1) is 17.2 Å². The van der Waals surface area contributed by atoms with E-state index < -0.39 is 0 Å². The Kier molecular flexibility index (Phi) is 4.17.